The molecule has 15 heteroatoms. The number of amides is 1. The molecule has 42 heavy (non-hydrogen) atoms. The predicted molar refractivity (Wildman–Crippen MR) is 160 cm³/mol. The molecule has 2 heterocycles. The number of nitrogens with one attached hydrogen (secondary N) is 3. The first-order chi connectivity index (χ1) is 20.3. The third-order valence-electron chi connectivity index (χ3n) is 5.39. The summed E-state index contributed by atoms with van der Waals surface area (Å²) in [5, 5.41) is 18.7. The lowest BCUT2D eigenvalue weighted by atomic mass is 10.2. The van der Waals surface area contributed by atoms with Crippen molar-refractivity contribution in [3.05, 3.63) is 51.7 Å². The van der Waals surface area contributed by atoms with E-state index in [0.29, 0.717) is 91.0 Å². The topological polar surface area (TPSA) is 166 Å². The van der Waals surface area contributed by atoms with E-state index >= 15 is 0 Å². The number of aryl methyl sites for hydroxylation is 2. The summed E-state index contributed by atoms with van der Waals surface area (Å²) in [5.74, 6) is 0.544. The number of carboxylic acids is 1. The van der Waals surface area contributed by atoms with E-state index in [1.807, 2.05) is 19.1 Å². The lowest BCUT2D eigenvalue weighted by Gasteiger charge is -2.10. The average molecular weight is 623 g/mol. The largest absolute Gasteiger partial charge is 0.481 e. The fraction of sp³-hybridized carbons (Fsp3) is 0.444. The van der Waals surface area contributed by atoms with E-state index in [9.17, 15) is 9.59 Å². The van der Waals surface area contributed by atoms with Crippen LogP contribution in [0.3, 0.4) is 0 Å². The molecular formula is C27H35ClN6O7S. The second kappa shape index (κ2) is 18.2. The van der Waals surface area contributed by atoms with Crippen LogP contribution < -0.4 is 16.0 Å². The van der Waals surface area contributed by atoms with Crippen LogP contribution in [0.1, 0.15) is 27.5 Å². The Kier molecular flexibility index (Phi) is 14.3. The first-order valence-electron chi connectivity index (χ1n) is 13.2. The number of aliphatic carboxylic acids is 1. The summed E-state index contributed by atoms with van der Waals surface area (Å²) in [5.41, 5.74) is 1.44. The molecule has 0 aliphatic carbocycles. The Balaban J connectivity index is 1.30. The van der Waals surface area contributed by atoms with Crippen molar-refractivity contribution in [1.29, 1.82) is 0 Å². The normalized spacial score (nSPS) is 10.9. The first-order valence-corrected chi connectivity index (χ1v) is 14.4. The summed E-state index contributed by atoms with van der Waals surface area (Å²) in [4.78, 5) is 36.6. The van der Waals surface area contributed by atoms with Gasteiger partial charge in [-0.25, -0.2) is 15.0 Å². The number of aromatic nitrogens is 3. The van der Waals surface area contributed by atoms with E-state index in [1.165, 1.54) is 17.5 Å². The molecule has 0 bridgehead atoms. The highest BCUT2D eigenvalue weighted by molar-refractivity contribution is 7.17. The van der Waals surface area contributed by atoms with E-state index in [2.05, 4.69) is 30.9 Å². The summed E-state index contributed by atoms with van der Waals surface area (Å²) in [6.07, 6.45) is 1.48. The van der Waals surface area contributed by atoms with Gasteiger partial charge in [0.2, 0.25) is 0 Å². The molecule has 228 valence electrons. The van der Waals surface area contributed by atoms with Gasteiger partial charge in [0.1, 0.15) is 22.3 Å². The number of carboxylic acid groups (broad SMARTS) is 1. The Morgan fingerprint density at radius 3 is 2.24 bits per heavy atom. The van der Waals surface area contributed by atoms with Crippen molar-refractivity contribution in [2.75, 3.05) is 75.4 Å². The maximum absolute atomic E-state index is 12.7. The Hall–Kier alpha value is -3.40. The summed E-state index contributed by atoms with van der Waals surface area (Å²) >= 11 is 7.42. The number of para-hydroxylation sites is 1. The third-order valence-corrected chi connectivity index (χ3v) is 6.62. The van der Waals surface area contributed by atoms with Crippen molar-refractivity contribution in [1.82, 2.24) is 15.0 Å². The molecule has 0 fully saturated rings. The second-order valence-corrected chi connectivity index (χ2v) is 10.2. The van der Waals surface area contributed by atoms with Gasteiger partial charge >= 0.3 is 5.97 Å². The van der Waals surface area contributed by atoms with Crippen molar-refractivity contribution in [2.24, 2.45) is 0 Å². The summed E-state index contributed by atoms with van der Waals surface area (Å²) in [6, 6.07) is 7.18. The van der Waals surface area contributed by atoms with E-state index < -0.39 is 5.97 Å². The maximum atomic E-state index is 12.7. The molecule has 0 atom stereocenters. The van der Waals surface area contributed by atoms with E-state index in [0.717, 1.165) is 5.56 Å². The summed E-state index contributed by atoms with van der Waals surface area (Å²) in [7, 11) is 0. The van der Waals surface area contributed by atoms with Gasteiger partial charge in [-0.1, -0.05) is 35.1 Å². The number of carbonyl (C=O) groups excluding carboxylic acids is 1. The van der Waals surface area contributed by atoms with Gasteiger partial charge in [0.05, 0.1) is 76.2 Å². The van der Waals surface area contributed by atoms with Gasteiger partial charge in [0.15, 0.2) is 5.13 Å². The number of halogens is 1. The Morgan fingerprint density at radius 2 is 1.57 bits per heavy atom. The number of benzene rings is 1. The quantitative estimate of drug-likeness (QED) is 0.133. The molecule has 0 saturated heterocycles. The summed E-state index contributed by atoms with van der Waals surface area (Å²) in [6.45, 7) is 7.28. The van der Waals surface area contributed by atoms with Crippen LogP contribution in [0.5, 0.6) is 0 Å². The number of hydrogen-bond acceptors (Lipinski definition) is 12. The van der Waals surface area contributed by atoms with Crippen LogP contribution >= 0.6 is 22.9 Å². The molecule has 3 rings (SSSR count). The average Bonchev–Trinajstić information content (AvgIpc) is 3.41. The van der Waals surface area contributed by atoms with Gasteiger partial charge < -0.3 is 40.0 Å². The fourth-order valence-corrected chi connectivity index (χ4v) is 4.39. The molecule has 0 spiro atoms. The zero-order chi connectivity index (χ0) is 30.2. The number of anilines is 4. The highest BCUT2D eigenvalue weighted by Gasteiger charge is 2.14. The van der Waals surface area contributed by atoms with Crippen molar-refractivity contribution >= 4 is 57.3 Å². The lowest BCUT2D eigenvalue weighted by Crippen LogP contribution is -2.15. The number of hydrogen-bond donors (Lipinski definition) is 4. The zero-order valence-corrected chi connectivity index (χ0v) is 25.1. The molecule has 1 amide bonds. The van der Waals surface area contributed by atoms with Crippen LogP contribution in [0.4, 0.5) is 22.5 Å². The molecule has 0 unspecified atom stereocenters. The van der Waals surface area contributed by atoms with E-state index in [4.69, 9.17) is 35.7 Å². The van der Waals surface area contributed by atoms with Gasteiger partial charge in [-0.15, -0.1) is 0 Å². The first kappa shape index (κ1) is 33.1. The SMILES string of the molecule is Cc1nc(NCCOCCOCCOCCOCCC(=O)O)cc(Nc2ncc(C(=O)Nc3c(C)cccc3Cl)s2)n1. The molecule has 2 aromatic heterocycles. The third kappa shape index (κ3) is 12.2. The number of carbonyl (C=O) groups is 2. The van der Waals surface area contributed by atoms with Crippen molar-refractivity contribution in [3.8, 4) is 0 Å². The molecule has 0 aliphatic rings. The van der Waals surface area contributed by atoms with Crippen LogP contribution in [0.25, 0.3) is 0 Å². The van der Waals surface area contributed by atoms with Gasteiger partial charge in [-0.3, -0.25) is 9.59 Å². The Morgan fingerprint density at radius 1 is 0.929 bits per heavy atom. The summed E-state index contributed by atoms with van der Waals surface area (Å²) < 4.78 is 21.5. The van der Waals surface area contributed by atoms with Gasteiger partial charge in [-0.05, 0) is 25.5 Å². The minimum absolute atomic E-state index is 0.0151. The molecular weight excluding hydrogens is 588 g/mol. The fourth-order valence-electron chi connectivity index (χ4n) is 3.41. The van der Waals surface area contributed by atoms with Crippen LogP contribution in [-0.4, -0.2) is 91.3 Å². The maximum Gasteiger partial charge on any atom is 0.305 e. The van der Waals surface area contributed by atoms with Crippen LogP contribution in [-0.2, 0) is 23.7 Å². The number of ether oxygens (including phenoxy) is 4. The number of thiazole rings is 1. The Bertz CT molecular complexity index is 1280. The lowest BCUT2D eigenvalue weighted by molar-refractivity contribution is -0.138. The van der Waals surface area contributed by atoms with Crippen molar-refractivity contribution in [3.63, 3.8) is 0 Å². The molecule has 13 nitrogen and oxygen atoms in total. The van der Waals surface area contributed by atoms with Gasteiger partial charge in [-0.2, -0.15) is 0 Å². The molecule has 0 saturated carbocycles. The molecule has 3 aromatic rings. The van der Waals surface area contributed by atoms with E-state index in [-0.39, 0.29) is 18.9 Å². The number of nitrogens with zero attached hydrogens (tertiary/aromatic N) is 3. The molecule has 4 N–H and O–H groups in total. The zero-order valence-electron chi connectivity index (χ0n) is 23.5. The minimum atomic E-state index is -0.884. The van der Waals surface area contributed by atoms with Crippen molar-refractivity contribution in [2.45, 2.75) is 20.3 Å². The Labute approximate surface area is 252 Å². The van der Waals surface area contributed by atoms with Crippen LogP contribution in [0, 0.1) is 13.8 Å². The monoisotopic (exact) mass is 622 g/mol. The molecule has 0 radical (unpaired) electrons. The standard InChI is InChI=1S/C27H35ClN6O7S/c1-18-4-3-5-20(28)25(18)34-26(37)21-17-30-27(42-21)33-23-16-22(31-19(2)32-23)29-7-9-39-11-13-41-15-14-40-12-10-38-8-6-24(35)36/h3-5,16-17H,6-15H2,1-2H3,(H,34,37)(H,35,36)(H2,29,30,31,32,33). The highest BCUT2D eigenvalue weighted by atomic mass is 35.5. The predicted octanol–water partition coefficient (Wildman–Crippen LogP) is 4.15. The van der Waals surface area contributed by atoms with E-state index in [1.54, 1.807) is 19.1 Å². The van der Waals surface area contributed by atoms with Crippen LogP contribution in [0.15, 0.2) is 30.5 Å². The van der Waals surface area contributed by atoms with Crippen molar-refractivity contribution < 1.29 is 33.6 Å². The number of rotatable bonds is 20. The molecule has 1 aromatic carbocycles. The van der Waals surface area contributed by atoms with Crippen LogP contribution in [0.2, 0.25) is 5.02 Å². The molecule has 0 aliphatic heterocycles. The van der Waals surface area contributed by atoms with Gasteiger partial charge in [0, 0.05) is 12.6 Å². The highest BCUT2D eigenvalue weighted by Crippen LogP contribution is 2.28. The smallest absolute Gasteiger partial charge is 0.305 e. The van der Waals surface area contributed by atoms with Gasteiger partial charge in [0.25, 0.3) is 5.91 Å². The second-order valence-electron chi connectivity index (χ2n) is 8.75. The minimum Gasteiger partial charge on any atom is -0.481 e.